The molecule has 3 heteroatoms. The Hall–Kier alpha value is -2.60. The van der Waals surface area contributed by atoms with Crippen LogP contribution in [0.5, 0.6) is 5.75 Å². The van der Waals surface area contributed by atoms with Gasteiger partial charge in [-0.1, -0.05) is 110 Å². The molecule has 41 heavy (non-hydrogen) atoms. The van der Waals surface area contributed by atoms with Crippen LogP contribution in [0.3, 0.4) is 0 Å². The molecule has 1 unspecified atom stereocenters. The van der Waals surface area contributed by atoms with Crippen LogP contribution in [0.1, 0.15) is 163 Å². The zero-order valence-corrected chi connectivity index (χ0v) is 26.3. The summed E-state index contributed by atoms with van der Waals surface area (Å²) in [5.41, 5.74) is 3.44. The van der Waals surface area contributed by atoms with E-state index in [0.717, 1.165) is 30.2 Å². The molecule has 0 radical (unpaired) electrons. The number of esters is 1. The van der Waals surface area contributed by atoms with E-state index in [-0.39, 0.29) is 0 Å². The summed E-state index contributed by atoms with van der Waals surface area (Å²) in [5.74, 6) is 2.32. The smallest absolute Gasteiger partial charge is 0.343 e. The van der Waals surface area contributed by atoms with Gasteiger partial charge in [0.05, 0.1) is 11.1 Å². The lowest BCUT2D eigenvalue weighted by molar-refractivity contribution is 0.0734. The molecule has 0 bridgehead atoms. The molecule has 1 fully saturated rings. The number of rotatable bonds is 18. The minimum atomic E-state index is -0.398. The first-order valence-corrected chi connectivity index (χ1v) is 16.9. The minimum Gasteiger partial charge on any atom is -0.422 e. The second-order valence-corrected chi connectivity index (χ2v) is 12.5. The quantitative estimate of drug-likeness (QED) is 0.104. The number of carbonyl (C=O) groups is 1. The van der Waals surface area contributed by atoms with Crippen molar-refractivity contribution >= 4 is 5.97 Å². The second kappa shape index (κ2) is 18.8. The lowest BCUT2D eigenvalue weighted by Gasteiger charge is -2.31. The van der Waals surface area contributed by atoms with E-state index < -0.39 is 5.97 Å². The summed E-state index contributed by atoms with van der Waals surface area (Å²) in [4.78, 5) is 12.9. The average molecular weight is 558 g/mol. The molecule has 2 aromatic carbocycles. The van der Waals surface area contributed by atoms with Gasteiger partial charge in [0, 0.05) is 0 Å². The first-order valence-electron chi connectivity index (χ1n) is 16.9. The van der Waals surface area contributed by atoms with Gasteiger partial charge in [-0.25, -0.2) is 4.79 Å². The molecule has 3 rings (SSSR count). The standard InChI is InChI=1S/C38H55NO2/c1-4-7-9-10-11-12-13-14-16-31-19-26-37(36(28-31)29-39)41-38(40)35-24-22-34(23-25-35)33-20-17-32(18-21-33)27-30(6-3)15-8-5-2/h19,22-26,28,30,32-33H,4-18,20-21,27H2,1-3H3. The number of hydrogen-bond donors (Lipinski definition) is 0. The third kappa shape index (κ3) is 11.3. The number of nitrogens with zero attached hydrogens (tertiary/aromatic N) is 1. The van der Waals surface area contributed by atoms with E-state index in [9.17, 15) is 10.1 Å². The predicted octanol–water partition coefficient (Wildman–Crippen LogP) is 11.3. The van der Waals surface area contributed by atoms with E-state index in [1.807, 2.05) is 24.3 Å². The Kier molecular flexibility index (Phi) is 15.1. The summed E-state index contributed by atoms with van der Waals surface area (Å²) in [6.45, 7) is 6.90. The molecule has 0 amide bonds. The maximum atomic E-state index is 12.9. The highest BCUT2D eigenvalue weighted by Gasteiger charge is 2.24. The summed E-state index contributed by atoms with van der Waals surface area (Å²) >= 11 is 0. The third-order valence-corrected chi connectivity index (χ3v) is 9.36. The van der Waals surface area contributed by atoms with Crippen molar-refractivity contribution in [3.63, 3.8) is 0 Å². The zero-order chi connectivity index (χ0) is 29.3. The SMILES string of the molecule is CCCCCCCCCCc1ccc(OC(=O)c2ccc(C3CCC(CC(CC)CCCC)CC3)cc2)c(C#N)c1. The highest BCUT2D eigenvalue weighted by molar-refractivity contribution is 5.91. The van der Waals surface area contributed by atoms with Gasteiger partial charge in [0.1, 0.15) is 11.8 Å². The number of aryl methyl sites for hydroxylation is 1. The molecule has 0 heterocycles. The van der Waals surface area contributed by atoms with Crippen LogP contribution >= 0.6 is 0 Å². The predicted molar refractivity (Wildman–Crippen MR) is 171 cm³/mol. The molecular weight excluding hydrogens is 502 g/mol. The number of ether oxygens (including phenoxy) is 1. The molecule has 0 aromatic heterocycles. The first kappa shape index (κ1) is 32.9. The molecule has 1 atom stereocenters. The number of unbranched alkanes of at least 4 members (excludes halogenated alkanes) is 8. The molecule has 1 aliphatic rings. The largest absolute Gasteiger partial charge is 0.422 e. The van der Waals surface area contributed by atoms with Crippen LogP contribution in [-0.2, 0) is 6.42 Å². The molecule has 3 nitrogen and oxygen atoms in total. The van der Waals surface area contributed by atoms with Gasteiger partial charge in [-0.2, -0.15) is 5.26 Å². The van der Waals surface area contributed by atoms with Gasteiger partial charge in [-0.3, -0.25) is 0 Å². The lowest BCUT2D eigenvalue weighted by Crippen LogP contribution is -2.17. The Labute approximate surface area is 251 Å². The lowest BCUT2D eigenvalue weighted by atomic mass is 9.75. The Balaban J connectivity index is 1.45. The van der Waals surface area contributed by atoms with Gasteiger partial charge in [-0.05, 0) is 98.1 Å². The van der Waals surface area contributed by atoms with Crippen LogP contribution in [0, 0.1) is 23.2 Å². The topological polar surface area (TPSA) is 50.1 Å². The van der Waals surface area contributed by atoms with Crippen molar-refractivity contribution < 1.29 is 9.53 Å². The molecular formula is C38H55NO2. The fourth-order valence-electron chi connectivity index (χ4n) is 6.61. The molecule has 0 aliphatic heterocycles. The van der Waals surface area contributed by atoms with Crippen molar-refractivity contribution in [3.05, 3.63) is 64.7 Å². The van der Waals surface area contributed by atoms with Crippen LogP contribution < -0.4 is 4.74 Å². The van der Waals surface area contributed by atoms with Gasteiger partial charge in [-0.15, -0.1) is 0 Å². The minimum absolute atomic E-state index is 0.351. The van der Waals surface area contributed by atoms with E-state index in [4.69, 9.17) is 4.74 Å². The van der Waals surface area contributed by atoms with Gasteiger partial charge >= 0.3 is 5.97 Å². The van der Waals surface area contributed by atoms with Crippen molar-refractivity contribution in [3.8, 4) is 11.8 Å². The van der Waals surface area contributed by atoms with E-state index in [1.54, 1.807) is 6.07 Å². The Morgan fingerprint density at radius 1 is 0.854 bits per heavy atom. The Morgan fingerprint density at radius 3 is 2.15 bits per heavy atom. The maximum absolute atomic E-state index is 12.9. The van der Waals surface area contributed by atoms with Gasteiger partial charge in [0.15, 0.2) is 0 Å². The van der Waals surface area contributed by atoms with Gasteiger partial charge in [0.2, 0.25) is 0 Å². The zero-order valence-electron chi connectivity index (χ0n) is 26.3. The highest BCUT2D eigenvalue weighted by Crippen LogP contribution is 2.39. The van der Waals surface area contributed by atoms with Crippen molar-refractivity contribution in [1.29, 1.82) is 5.26 Å². The van der Waals surface area contributed by atoms with Crippen molar-refractivity contribution in [2.24, 2.45) is 11.8 Å². The molecule has 0 N–H and O–H groups in total. The average Bonchev–Trinajstić information content (AvgIpc) is 3.01. The van der Waals surface area contributed by atoms with Crippen molar-refractivity contribution in [2.45, 2.75) is 142 Å². The van der Waals surface area contributed by atoms with Crippen LogP contribution in [0.25, 0.3) is 0 Å². The monoisotopic (exact) mass is 557 g/mol. The van der Waals surface area contributed by atoms with E-state index in [0.29, 0.717) is 22.8 Å². The van der Waals surface area contributed by atoms with Gasteiger partial charge < -0.3 is 4.74 Å². The fraction of sp³-hybridized carbons (Fsp3) is 0.632. The van der Waals surface area contributed by atoms with Crippen molar-refractivity contribution in [1.82, 2.24) is 0 Å². The summed E-state index contributed by atoms with van der Waals surface area (Å²) in [6.07, 6.45) is 23.2. The first-order chi connectivity index (χ1) is 20.1. The van der Waals surface area contributed by atoms with E-state index >= 15 is 0 Å². The number of nitriles is 1. The molecule has 224 valence electrons. The third-order valence-electron chi connectivity index (χ3n) is 9.36. The van der Waals surface area contributed by atoms with Crippen molar-refractivity contribution in [2.75, 3.05) is 0 Å². The van der Waals surface area contributed by atoms with Crippen LogP contribution in [0.2, 0.25) is 0 Å². The second-order valence-electron chi connectivity index (χ2n) is 12.5. The molecule has 0 saturated heterocycles. The van der Waals surface area contributed by atoms with E-state index in [1.165, 1.54) is 108 Å². The number of carbonyl (C=O) groups excluding carboxylic acids is 1. The van der Waals surface area contributed by atoms with Crippen LogP contribution in [0.15, 0.2) is 42.5 Å². The molecule has 1 saturated carbocycles. The molecule has 1 aliphatic carbocycles. The number of benzene rings is 2. The highest BCUT2D eigenvalue weighted by atomic mass is 16.5. The summed E-state index contributed by atoms with van der Waals surface area (Å²) in [5, 5.41) is 9.70. The fourth-order valence-corrected chi connectivity index (χ4v) is 6.61. The maximum Gasteiger partial charge on any atom is 0.343 e. The summed E-state index contributed by atoms with van der Waals surface area (Å²) < 4.78 is 5.68. The summed E-state index contributed by atoms with van der Waals surface area (Å²) in [6, 6.07) is 15.9. The van der Waals surface area contributed by atoms with Gasteiger partial charge in [0.25, 0.3) is 0 Å². The Morgan fingerprint density at radius 2 is 1.51 bits per heavy atom. The number of hydrogen-bond acceptors (Lipinski definition) is 3. The molecule has 2 aromatic rings. The van der Waals surface area contributed by atoms with Crippen LogP contribution in [0.4, 0.5) is 0 Å². The Bertz CT molecular complexity index is 1060. The van der Waals surface area contributed by atoms with Crippen LogP contribution in [-0.4, -0.2) is 5.97 Å². The molecule has 0 spiro atoms. The van der Waals surface area contributed by atoms with E-state index in [2.05, 4.69) is 39.0 Å². The summed E-state index contributed by atoms with van der Waals surface area (Å²) in [7, 11) is 0. The normalized spacial score (nSPS) is 17.6.